The molecule has 7 heteroatoms. The van der Waals surface area contributed by atoms with Crippen LogP contribution in [0.4, 0.5) is 0 Å². The molecule has 0 aromatic carbocycles. The van der Waals surface area contributed by atoms with Gasteiger partial charge in [-0.15, -0.1) is 0 Å². The zero-order valence-corrected chi connectivity index (χ0v) is 13.6. The fraction of sp³-hybridized carbons (Fsp3) is 0.625. The Labute approximate surface area is 135 Å². The average molecular weight is 320 g/mol. The summed E-state index contributed by atoms with van der Waals surface area (Å²) >= 11 is 0. The van der Waals surface area contributed by atoms with Crippen molar-refractivity contribution >= 4 is 11.6 Å². The number of carbonyl (C=O) groups is 1. The number of fused-ring (bicyclic) bond motifs is 1. The number of piperidine rings is 1. The molecule has 7 nitrogen and oxygen atoms in total. The van der Waals surface area contributed by atoms with E-state index in [9.17, 15) is 15.0 Å². The largest absolute Gasteiger partial charge is 0.396 e. The van der Waals surface area contributed by atoms with E-state index in [4.69, 9.17) is 0 Å². The van der Waals surface area contributed by atoms with Crippen molar-refractivity contribution in [3.63, 3.8) is 0 Å². The van der Waals surface area contributed by atoms with Gasteiger partial charge in [-0.3, -0.25) is 4.79 Å². The lowest BCUT2D eigenvalue weighted by Crippen LogP contribution is -2.55. The predicted molar refractivity (Wildman–Crippen MR) is 85.1 cm³/mol. The van der Waals surface area contributed by atoms with Gasteiger partial charge in [0.2, 0.25) is 0 Å². The molecule has 0 saturated carbocycles. The van der Waals surface area contributed by atoms with Crippen LogP contribution in [0.5, 0.6) is 0 Å². The van der Waals surface area contributed by atoms with Gasteiger partial charge in [-0.05, 0) is 12.8 Å². The van der Waals surface area contributed by atoms with Crippen LogP contribution >= 0.6 is 0 Å². The summed E-state index contributed by atoms with van der Waals surface area (Å²) in [7, 11) is 1.88. The molecule has 0 aliphatic carbocycles. The van der Waals surface area contributed by atoms with E-state index in [0.717, 1.165) is 12.1 Å². The second-order valence-corrected chi connectivity index (χ2v) is 6.54. The number of nitrogens with zero attached hydrogens (tertiary/aromatic N) is 4. The van der Waals surface area contributed by atoms with Gasteiger partial charge in [-0.2, -0.15) is 5.10 Å². The normalized spacial score (nSPS) is 25.2. The van der Waals surface area contributed by atoms with Gasteiger partial charge in [-0.1, -0.05) is 13.3 Å². The number of rotatable bonds is 4. The Kier molecular flexibility index (Phi) is 4.16. The second kappa shape index (κ2) is 5.98. The van der Waals surface area contributed by atoms with Crippen LogP contribution in [-0.4, -0.2) is 61.0 Å². The maximum Gasteiger partial charge on any atom is 0.259 e. The van der Waals surface area contributed by atoms with E-state index in [-0.39, 0.29) is 12.5 Å². The maximum atomic E-state index is 12.9. The van der Waals surface area contributed by atoms with Gasteiger partial charge in [0.1, 0.15) is 11.2 Å². The fourth-order valence-electron chi connectivity index (χ4n) is 3.67. The van der Waals surface area contributed by atoms with Gasteiger partial charge in [-0.25, -0.2) is 4.52 Å². The topological polar surface area (TPSA) is 83.0 Å². The van der Waals surface area contributed by atoms with E-state index in [2.05, 4.69) is 5.10 Å². The van der Waals surface area contributed by atoms with E-state index < -0.39 is 11.5 Å². The van der Waals surface area contributed by atoms with Crippen LogP contribution in [0.25, 0.3) is 5.65 Å². The molecule has 2 N–H and O–H groups in total. The van der Waals surface area contributed by atoms with Crippen molar-refractivity contribution in [1.82, 2.24) is 19.1 Å². The fourth-order valence-corrected chi connectivity index (χ4v) is 3.67. The Balaban J connectivity index is 1.89. The first-order valence-electron chi connectivity index (χ1n) is 8.09. The number of imidazole rings is 1. The number of aliphatic hydroxyl groups excluding tert-OH is 2. The van der Waals surface area contributed by atoms with Crippen molar-refractivity contribution < 1.29 is 15.0 Å². The molecule has 0 spiro atoms. The monoisotopic (exact) mass is 320 g/mol. The highest BCUT2D eigenvalue weighted by Gasteiger charge is 2.43. The van der Waals surface area contributed by atoms with Crippen molar-refractivity contribution in [3.05, 3.63) is 24.2 Å². The summed E-state index contributed by atoms with van der Waals surface area (Å²) < 4.78 is 3.54. The van der Waals surface area contributed by atoms with Gasteiger partial charge in [0.25, 0.3) is 5.91 Å². The molecule has 0 radical (unpaired) electrons. The molecule has 1 fully saturated rings. The Hall–Kier alpha value is -1.86. The number of amides is 1. The molecule has 3 rings (SSSR count). The number of hydrogen-bond acceptors (Lipinski definition) is 4. The molecule has 2 aromatic heterocycles. The molecule has 1 saturated heterocycles. The molecule has 0 unspecified atom stereocenters. The molecule has 126 valence electrons. The first-order valence-corrected chi connectivity index (χ1v) is 8.09. The molecule has 1 aliphatic heterocycles. The number of aliphatic hydroxyl groups is 2. The molecule has 2 aromatic rings. The van der Waals surface area contributed by atoms with Gasteiger partial charge in [0.05, 0.1) is 18.9 Å². The molecular weight excluding hydrogens is 296 g/mol. The van der Waals surface area contributed by atoms with E-state index in [1.807, 2.05) is 24.7 Å². The zero-order valence-electron chi connectivity index (χ0n) is 13.6. The summed E-state index contributed by atoms with van der Waals surface area (Å²) in [4.78, 5) is 14.7. The molecule has 23 heavy (non-hydrogen) atoms. The molecule has 1 amide bonds. The average Bonchev–Trinajstić information content (AvgIpc) is 3.12. The second-order valence-electron chi connectivity index (χ2n) is 6.54. The van der Waals surface area contributed by atoms with Crippen LogP contribution in [-0.2, 0) is 7.05 Å². The number of aromatic nitrogens is 3. The molecule has 2 atom stereocenters. The van der Waals surface area contributed by atoms with E-state index >= 15 is 0 Å². The highest BCUT2D eigenvalue weighted by atomic mass is 16.3. The van der Waals surface area contributed by atoms with Crippen molar-refractivity contribution in [2.24, 2.45) is 12.5 Å². The van der Waals surface area contributed by atoms with Gasteiger partial charge >= 0.3 is 0 Å². The van der Waals surface area contributed by atoms with Crippen molar-refractivity contribution in [2.75, 3.05) is 19.7 Å². The van der Waals surface area contributed by atoms with E-state index in [0.29, 0.717) is 31.5 Å². The van der Waals surface area contributed by atoms with E-state index in [1.54, 1.807) is 21.8 Å². The van der Waals surface area contributed by atoms with Crippen LogP contribution in [0.15, 0.2) is 18.6 Å². The van der Waals surface area contributed by atoms with Crippen LogP contribution in [0.1, 0.15) is 36.5 Å². The Bertz CT molecular complexity index is 707. The number of carbonyl (C=O) groups excluding carboxylic acids is 1. The SMILES string of the molecule is CCC[C@@]1(CO)CN(C(=O)c2cnn3ccn(C)c23)CC[C@@H]1O. The van der Waals surface area contributed by atoms with E-state index in [1.165, 1.54) is 0 Å². The first kappa shape index (κ1) is 16.0. The molecule has 3 heterocycles. The number of hydrogen-bond donors (Lipinski definition) is 2. The minimum atomic E-state index is -0.622. The summed E-state index contributed by atoms with van der Waals surface area (Å²) in [6.07, 6.45) is 6.72. The molecular formula is C16H24N4O3. The third-order valence-corrected chi connectivity index (χ3v) is 5.00. The number of aryl methyl sites for hydroxylation is 1. The summed E-state index contributed by atoms with van der Waals surface area (Å²) in [5, 5.41) is 24.4. The van der Waals surface area contributed by atoms with Crippen molar-refractivity contribution in [1.29, 1.82) is 0 Å². The van der Waals surface area contributed by atoms with Crippen LogP contribution in [0.2, 0.25) is 0 Å². The Morgan fingerprint density at radius 3 is 2.96 bits per heavy atom. The van der Waals surface area contributed by atoms with Crippen LogP contribution < -0.4 is 0 Å². The number of likely N-dealkylation sites (tertiary alicyclic amines) is 1. The molecule has 1 aliphatic rings. The highest BCUT2D eigenvalue weighted by Crippen LogP contribution is 2.35. The van der Waals surface area contributed by atoms with Crippen molar-refractivity contribution in [3.8, 4) is 0 Å². The first-order chi connectivity index (χ1) is 11.0. The predicted octanol–water partition coefficient (Wildman–Crippen LogP) is 0.658. The summed E-state index contributed by atoms with van der Waals surface area (Å²) in [5.74, 6) is -0.0948. The summed E-state index contributed by atoms with van der Waals surface area (Å²) in [6.45, 7) is 2.78. The Morgan fingerprint density at radius 1 is 1.48 bits per heavy atom. The lowest BCUT2D eigenvalue weighted by Gasteiger charge is -2.45. The van der Waals surface area contributed by atoms with Crippen molar-refractivity contribution in [2.45, 2.75) is 32.3 Å². The van der Waals surface area contributed by atoms with Crippen LogP contribution in [0, 0.1) is 5.41 Å². The quantitative estimate of drug-likeness (QED) is 0.867. The zero-order chi connectivity index (χ0) is 16.6. The minimum absolute atomic E-state index is 0.0948. The standard InChI is InChI=1S/C16H24N4O3/c1-3-5-16(11-21)10-19(6-4-13(16)22)15(23)12-9-17-20-8-7-18(2)14(12)20/h7-9,13,21-22H,3-6,10-11H2,1-2H3/t13-,16-/m0/s1. The third kappa shape index (κ3) is 2.53. The maximum absolute atomic E-state index is 12.9. The van der Waals surface area contributed by atoms with Gasteiger partial charge in [0.15, 0.2) is 0 Å². The molecule has 0 bridgehead atoms. The summed E-state index contributed by atoms with van der Waals surface area (Å²) in [5.41, 5.74) is 0.687. The third-order valence-electron chi connectivity index (χ3n) is 5.00. The highest BCUT2D eigenvalue weighted by molar-refractivity contribution is 5.99. The Morgan fingerprint density at radius 2 is 2.26 bits per heavy atom. The van der Waals surface area contributed by atoms with Crippen LogP contribution in [0.3, 0.4) is 0 Å². The smallest absolute Gasteiger partial charge is 0.259 e. The van der Waals surface area contributed by atoms with Gasteiger partial charge < -0.3 is 19.7 Å². The summed E-state index contributed by atoms with van der Waals surface area (Å²) in [6, 6.07) is 0. The lowest BCUT2D eigenvalue weighted by molar-refractivity contribution is -0.0719. The minimum Gasteiger partial charge on any atom is -0.396 e. The lowest BCUT2D eigenvalue weighted by atomic mass is 9.74. The van der Waals surface area contributed by atoms with Gasteiger partial charge in [0, 0.05) is 37.9 Å².